The Morgan fingerprint density at radius 3 is 2.56 bits per heavy atom. The highest BCUT2D eigenvalue weighted by atomic mass is 19.4. The molecular formula is C17H18F3N3O2. The summed E-state index contributed by atoms with van der Waals surface area (Å²) in [6.45, 7) is 5.16. The van der Waals surface area contributed by atoms with Crippen LogP contribution in [-0.4, -0.2) is 16.9 Å². The average Bonchev–Trinajstić information content (AvgIpc) is 3.35. The molecule has 0 aromatic heterocycles. The van der Waals surface area contributed by atoms with Crippen LogP contribution in [0.25, 0.3) is 0 Å². The zero-order valence-corrected chi connectivity index (χ0v) is 13.5. The van der Waals surface area contributed by atoms with Gasteiger partial charge in [-0.25, -0.2) is 9.79 Å². The van der Waals surface area contributed by atoms with Gasteiger partial charge in [0.1, 0.15) is 5.84 Å². The Kier molecular flexibility index (Phi) is 5.20. The minimum Gasteiger partial charge on any atom is -0.477 e. The van der Waals surface area contributed by atoms with Crippen LogP contribution in [-0.2, 0) is 11.0 Å². The van der Waals surface area contributed by atoms with E-state index in [9.17, 15) is 23.1 Å². The summed E-state index contributed by atoms with van der Waals surface area (Å²) in [5, 5.41) is 12.0. The van der Waals surface area contributed by atoms with E-state index in [1.165, 1.54) is 19.1 Å². The Labute approximate surface area is 142 Å². The molecule has 5 nitrogen and oxygen atoms in total. The molecule has 1 saturated carbocycles. The molecule has 1 aliphatic rings. The number of halogens is 3. The highest BCUT2D eigenvalue weighted by molar-refractivity contribution is 5.94. The van der Waals surface area contributed by atoms with Crippen LogP contribution in [0.5, 0.6) is 0 Å². The lowest BCUT2D eigenvalue weighted by atomic mass is 10.1. The van der Waals surface area contributed by atoms with Crippen molar-refractivity contribution in [2.24, 2.45) is 16.6 Å². The average molecular weight is 353 g/mol. The highest BCUT2D eigenvalue weighted by Gasteiger charge is 2.30. The number of nitrogens with zero attached hydrogens (tertiary/aromatic N) is 1. The first kappa shape index (κ1) is 18.6. The second-order valence-electron chi connectivity index (χ2n) is 5.77. The van der Waals surface area contributed by atoms with Crippen LogP contribution in [0.2, 0.25) is 0 Å². The molecule has 0 aliphatic heterocycles. The molecule has 0 heterocycles. The third-order valence-corrected chi connectivity index (χ3v) is 3.73. The Hall–Kier alpha value is -2.77. The lowest BCUT2D eigenvalue weighted by molar-refractivity contribution is -0.137. The van der Waals surface area contributed by atoms with Crippen molar-refractivity contribution >= 4 is 17.5 Å². The van der Waals surface area contributed by atoms with Gasteiger partial charge in [0, 0.05) is 22.9 Å². The molecule has 0 saturated heterocycles. The number of carboxylic acids is 1. The van der Waals surface area contributed by atoms with Crippen LogP contribution in [0.4, 0.5) is 18.9 Å². The summed E-state index contributed by atoms with van der Waals surface area (Å²) in [4.78, 5) is 15.4. The molecule has 1 aliphatic carbocycles. The van der Waals surface area contributed by atoms with Crippen LogP contribution < -0.4 is 11.1 Å². The minimum atomic E-state index is -4.47. The maximum atomic E-state index is 12.8. The topological polar surface area (TPSA) is 87.7 Å². The molecule has 1 aromatic carbocycles. The van der Waals surface area contributed by atoms with Gasteiger partial charge in [0.15, 0.2) is 5.70 Å². The van der Waals surface area contributed by atoms with Gasteiger partial charge in [0.05, 0.1) is 5.56 Å². The van der Waals surface area contributed by atoms with Crippen LogP contribution >= 0.6 is 0 Å². The molecule has 1 fully saturated rings. The lowest BCUT2D eigenvalue weighted by Crippen LogP contribution is -2.17. The van der Waals surface area contributed by atoms with Gasteiger partial charge < -0.3 is 16.2 Å². The van der Waals surface area contributed by atoms with E-state index in [1.807, 2.05) is 0 Å². The van der Waals surface area contributed by atoms with Gasteiger partial charge in [0.25, 0.3) is 0 Å². The molecule has 0 amide bonds. The quantitative estimate of drug-likeness (QED) is 0.314. The van der Waals surface area contributed by atoms with Crippen molar-refractivity contribution in [3.05, 3.63) is 53.4 Å². The predicted molar refractivity (Wildman–Crippen MR) is 88.9 cm³/mol. The van der Waals surface area contributed by atoms with E-state index in [0.717, 1.165) is 25.0 Å². The summed E-state index contributed by atoms with van der Waals surface area (Å²) in [5.41, 5.74) is 5.11. The standard InChI is InChI=1S/C17H18F3N3O2/c1-9(14(16(24)25)23-15(21)11-6-7-11)10(2)22-13-5-3-4-12(8-13)17(18,19)20/h3-5,8,11,22H,2,6-7H2,1H3,(H2,21,23)(H,24,25)/b14-9-. The fourth-order valence-electron chi connectivity index (χ4n) is 2.08. The zero-order valence-electron chi connectivity index (χ0n) is 13.5. The van der Waals surface area contributed by atoms with Gasteiger partial charge in [-0.2, -0.15) is 13.2 Å². The molecule has 1 aromatic rings. The molecule has 0 atom stereocenters. The summed E-state index contributed by atoms with van der Waals surface area (Å²) in [6, 6.07) is 4.54. The van der Waals surface area contributed by atoms with Crippen LogP contribution in [0.3, 0.4) is 0 Å². The molecule has 25 heavy (non-hydrogen) atoms. The molecule has 0 radical (unpaired) electrons. The number of alkyl halides is 3. The highest BCUT2D eigenvalue weighted by Crippen LogP contribution is 2.32. The summed E-state index contributed by atoms with van der Waals surface area (Å²) < 4.78 is 38.3. The van der Waals surface area contributed by atoms with Gasteiger partial charge in [-0.05, 0) is 38.0 Å². The van der Waals surface area contributed by atoms with E-state index in [4.69, 9.17) is 5.73 Å². The van der Waals surface area contributed by atoms with Crippen molar-refractivity contribution in [1.82, 2.24) is 0 Å². The first-order chi connectivity index (χ1) is 11.6. The monoisotopic (exact) mass is 353 g/mol. The number of aliphatic carboxylic acids is 1. The molecule has 0 bridgehead atoms. The van der Waals surface area contributed by atoms with Crippen LogP contribution in [0.15, 0.2) is 52.8 Å². The second kappa shape index (κ2) is 7.00. The van der Waals surface area contributed by atoms with Crippen molar-refractivity contribution in [1.29, 1.82) is 0 Å². The van der Waals surface area contributed by atoms with E-state index >= 15 is 0 Å². The fraction of sp³-hybridized carbons (Fsp3) is 0.294. The molecule has 8 heteroatoms. The molecule has 134 valence electrons. The van der Waals surface area contributed by atoms with Crippen molar-refractivity contribution in [3.63, 3.8) is 0 Å². The number of carboxylic acid groups (broad SMARTS) is 1. The number of amidine groups is 1. The summed E-state index contributed by atoms with van der Waals surface area (Å²) in [7, 11) is 0. The number of allylic oxidation sites excluding steroid dienone is 1. The smallest absolute Gasteiger partial charge is 0.416 e. The second-order valence-corrected chi connectivity index (χ2v) is 5.77. The number of carbonyl (C=O) groups is 1. The summed E-state index contributed by atoms with van der Waals surface area (Å²) in [5.74, 6) is -0.955. The number of hydrogen-bond donors (Lipinski definition) is 3. The minimum absolute atomic E-state index is 0.0897. The van der Waals surface area contributed by atoms with Crippen molar-refractivity contribution in [2.45, 2.75) is 25.9 Å². The first-order valence-electron chi connectivity index (χ1n) is 7.51. The van der Waals surface area contributed by atoms with Crippen LogP contribution in [0.1, 0.15) is 25.3 Å². The molecule has 0 spiro atoms. The Morgan fingerprint density at radius 1 is 1.40 bits per heavy atom. The zero-order chi connectivity index (χ0) is 18.8. The number of hydrogen-bond acceptors (Lipinski definition) is 3. The van der Waals surface area contributed by atoms with Gasteiger partial charge in [-0.3, -0.25) is 0 Å². The lowest BCUT2D eigenvalue weighted by Gasteiger charge is -2.14. The maximum Gasteiger partial charge on any atom is 0.416 e. The normalized spacial score (nSPS) is 16.2. The SMILES string of the molecule is C=C(Nc1cccc(C(F)(F)F)c1)/C(C)=C(\N=C(N)C1CC1)C(=O)O. The molecule has 0 unspecified atom stereocenters. The van der Waals surface area contributed by atoms with E-state index in [-0.39, 0.29) is 34.4 Å². The third-order valence-electron chi connectivity index (χ3n) is 3.73. The number of benzene rings is 1. The van der Waals surface area contributed by atoms with E-state index < -0.39 is 17.7 Å². The van der Waals surface area contributed by atoms with Gasteiger partial charge in [-0.15, -0.1) is 0 Å². The number of rotatable bonds is 6. The van der Waals surface area contributed by atoms with Crippen molar-refractivity contribution in [2.75, 3.05) is 5.32 Å². The largest absolute Gasteiger partial charge is 0.477 e. The summed E-state index contributed by atoms with van der Waals surface area (Å²) >= 11 is 0. The number of nitrogens with one attached hydrogen (secondary N) is 1. The Bertz CT molecular complexity index is 763. The molecule has 2 rings (SSSR count). The number of aliphatic imine (C=N–C) groups is 1. The number of anilines is 1. The van der Waals surface area contributed by atoms with E-state index in [1.54, 1.807) is 0 Å². The third kappa shape index (κ3) is 4.85. The summed E-state index contributed by atoms with van der Waals surface area (Å²) in [6.07, 6.45) is -2.74. The van der Waals surface area contributed by atoms with Gasteiger partial charge in [-0.1, -0.05) is 12.6 Å². The Morgan fingerprint density at radius 2 is 2.04 bits per heavy atom. The van der Waals surface area contributed by atoms with Crippen molar-refractivity contribution < 1.29 is 23.1 Å². The van der Waals surface area contributed by atoms with Gasteiger partial charge in [0.2, 0.25) is 0 Å². The Balaban J connectivity index is 2.25. The predicted octanol–water partition coefficient (Wildman–Crippen LogP) is 3.76. The van der Waals surface area contributed by atoms with E-state index in [2.05, 4.69) is 16.9 Å². The first-order valence-corrected chi connectivity index (χ1v) is 7.51. The molecule has 4 N–H and O–H groups in total. The van der Waals surface area contributed by atoms with E-state index in [0.29, 0.717) is 0 Å². The van der Waals surface area contributed by atoms with Crippen molar-refractivity contribution in [3.8, 4) is 0 Å². The van der Waals surface area contributed by atoms with Crippen LogP contribution in [0, 0.1) is 5.92 Å². The fourth-order valence-corrected chi connectivity index (χ4v) is 2.08. The van der Waals surface area contributed by atoms with Gasteiger partial charge >= 0.3 is 12.1 Å². The maximum absolute atomic E-state index is 12.8. The molecular weight excluding hydrogens is 335 g/mol. The number of nitrogens with two attached hydrogens (primary N) is 1.